The van der Waals surface area contributed by atoms with E-state index < -0.39 is 29.9 Å². The van der Waals surface area contributed by atoms with Crippen molar-refractivity contribution >= 4 is 46.4 Å². The van der Waals surface area contributed by atoms with Crippen LogP contribution in [0.2, 0.25) is 10.0 Å². The van der Waals surface area contributed by atoms with Gasteiger partial charge in [0.05, 0.1) is 28.5 Å². The van der Waals surface area contributed by atoms with Crippen molar-refractivity contribution in [1.82, 2.24) is 0 Å². The van der Waals surface area contributed by atoms with E-state index in [4.69, 9.17) is 32.8 Å². The highest BCUT2D eigenvalue weighted by Gasteiger charge is 2.60. The minimum Gasteiger partial charge on any atom is -0.504 e. The van der Waals surface area contributed by atoms with Crippen LogP contribution in [0, 0.1) is 5.92 Å². The number of para-hydroxylation sites is 2. The summed E-state index contributed by atoms with van der Waals surface area (Å²) in [5.41, 5.74) is 1.35. The molecule has 0 saturated carbocycles. The lowest BCUT2D eigenvalue weighted by atomic mass is 9.90. The van der Waals surface area contributed by atoms with Crippen LogP contribution < -0.4 is 14.7 Å². The van der Waals surface area contributed by atoms with Crippen LogP contribution in [0.25, 0.3) is 0 Å². The number of phenols is 1. The van der Waals surface area contributed by atoms with Crippen LogP contribution in [0.15, 0.2) is 66.7 Å². The molecule has 168 valence electrons. The van der Waals surface area contributed by atoms with Gasteiger partial charge in [-0.15, -0.1) is 0 Å². The van der Waals surface area contributed by atoms with Crippen molar-refractivity contribution in [3.63, 3.8) is 0 Å². The van der Waals surface area contributed by atoms with E-state index in [2.05, 4.69) is 0 Å². The Morgan fingerprint density at radius 2 is 1.67 bits per heavy atom. The Kier molecular flexibility index (Phi) is 5.40. The van der Waals surface area contributed by atoms with E-state index in [0.29, 0.717) is 22.0 Å². The number of rotatable bonds is 4. The lowest BCUT2D eigenvalue weighted by molar-refractivity contribution is -0.126. The van der Waals surface area contributed by atoms with Crippen LogP contribution >= 0.6 is 23.2 Å². The second-order valence-electron chi connectivity index (χ2n) is 7.67. The molecule has 0 aromatic heterocycles. The zero-order valence-corrected chi connectivity index (χ0v) is 18.8. The summed E-state index contributed by atoms with van der Waals surface area (Å²) in [7, 11) is 1.44. The third kappa shape index (κ3) is 3.40. The number of hydroxylamine groups is 1. The number of amides is 2. The summed E-state index contributed by atoms with van der Waals surface area (Å²) in [6.45, 7) is 0. The van der Waals surface area contributed by atoms with Gasteiger partial charge >= 0.3 is 0 Å². The van der Waals surface area contributed by atoms with Gasteiger partial charge in [-0.25, -0.2) is 9.96 Å². The number of nitrogens with zero attached hydrogens (tertiary/aromatic N) is 2. The Bertz CT molecular complexity index is 1250. The second-order valence-corrected chi connectivity index (χ2v) is 8.48. The average molecular weight is 485 g/mol. The lowest BCUT2D eigenvalue weighted by Crippen LogP contribution is -2.37. The van der Waals surface area contributed by atoms with Crippen LogP contribution in [0.3, 0.4) is 0 Å². The normalized spacial score (nSPS) is 22.1. The number of hydrogen-bond donors (Lipinski definition) is 1. The Labute approximate surface area is 199 Å². The second kappa shape index (κ2) is 8.26. The Morgan fingerprint density at radius 1 is 0.909 bits per heavy atom. The first kappa shape index (κ1) is 21.6. The Morgan fingerprint density at radius 3 is 2.36 bits per heavy atom. The number of ether oxygens (including phenoxy) is 1. The van der Waals surface area contributed by atoms with Gasteiger partial charge in [0.25, 0.3) is 5.91 Å². The van der Waals surface area contributed by atoms with Gasteiger partial charge in [0, 0.05) is 5.56 Å². The molecule has 7 nitrogen and oxygen atoms in total. The third-order valence-electron chi connectivity index (χ3n) is 5.86. The fraction of sp³-hybridized carbons (Fsp3) is 0.167. The number of hydrogen-bond acceptors (Lipinski definition) is 6. The number of halogens is 2. The van der Waals surface area contributed by atoms with E-state index in [9.17, 15) is 14.7 Å². The highest BCUT2D eigenvalue weighted by atomic mass is 35.5. The summed E-state index contributed by atoms with van der Waals surface area (Å²) in [5.74, 6) is -1.76. The van der Waals surface area contributed by atoms with Crippen molar-refractivity contribution < 1.29 is 24.3 Å². The molecule has 2 amide bonds. The van der Waals surface area contributed by atoms with Gasteiger partial charge in [0.15, 0.2) is 17.6 Å². The van der Waals surface area contributed by atoms with Crippen molar-refractivity contribution in [1.29, 1.82) is 0 Å². The van der Waals surface area contributed by atoms with Crippen LogP contribution in [-0.2, 0) is 14.4 Å². The number of carbonyl (C=O) groups excluding carboxylic acids is 2. The number of benzene rings is 3. The van der Waals surface area contributed by atoms with Crippen molar-refractivity contribution in [3.05, 3.63) is 82.3 Å². The van der Waals surface area contributed by atoms with E-state index in [1.807, 2.05) is 18.2 Å². The summed E-state index contributed by atoms with van der Waals surface area (Å²) in [4.78, 5) is 34.1. The third-order valence-corrected chi connectivity index (χ3v) is 6.60. The van der Waals surface area contributed by atoms with E-state index in [0.717, 1.165) is 4.90 Å². The number of phenolic OH excluding ortho intramolecular Hbond substituents is 1. The maximum absolute atomic E-state index is 13.6. The van der Waals surface area contributed by atoms with E-state index in [1.54, 1.807) is 36.4 Å². The minimum absolute atomic E-state index is 0.122. The summed E-state index contributed by atoms with van der Waals surface area (Å²) >= 11 is 12.1. The zero-order chi connectivity index (χ0) is 23.3. The summed E-state index contributed by atoms with van der Waals surface area (Å²) in [6.07, 6.45) is -1.08. The Hall–Kier alpha value is -3.26. The van der Waals surface area contributed by atoms with Crippen LogP contribution in [0.1, 0.15) is 11.6 Å². The summed E-state index contributed by atoms with van der Waals surface area (Å²) in [6, 6.07) is 17.9. The number of aromatic hydroxyl groups is 1. The molecule has 2 fully saturated rings. The molecule has 0 bridgehead atoms. The molecule has 0 spiro atoms. The standard InChI is InChI=1S/C24H18Cl2N2O5/c1-32-18-9-5-8-15(21(18)29)20-19-22(33-28(20)13-6-3-2-4-7-13)24(31)27(23(19)30)14-10-11-16(25)17(26)12-14/h2-12,19-20,22,29H,1H3/t19-,20+,22+/m0/s1. The largest absolute Gasteiger partial charge is 0.504 e. The van der Waals surface area contributed by atoms with Crippen LogP contribution in [0.5, 0.6) is 11.5 Å². The molecular weight excluding hydrogens is 467 g/mol. The first-order valence-electron chi connectivity index (χ1n) is 10.1. The van der Waals surface area contributed by atoms with Crippen molar-refractivity contribution in [2.24, 2.45) is 5.92 Å². The molecule has 0 radical (unpaired) electrons. The summed E-state index contributed by atoms with van der Waals surface area (Å²) < 4.78 is 5.26. The van der Waals surface area contributed by atoms with Gasteiger partial charge < -0.3 is 9.84 Å². The monoisotopic (exact) mass is 484 g/mol. The van der Waals surface area contributed by atoms with Crippen LogP contribution in [0.4, 0.5) is 11.4 Å². The first-order chi connectivity index (χ1) is 15.9. The van der Waals surface area contributed by atoms with Crippen molar-refractivity contribution in [2.75, 3.05) is 17.1 Å². The molecule has 33 heavy (non-hydrogen) atoms. The smallest absolute Gasteiger partial charge is 0.266 e. The molecule has 1 N–H and O–H groups in total. The summed E-state index contributed by atoms with van der Waals surface area (Å²) in [5, 5.41) is 12.9. The number of imide groups is 1. The predicted octanol–water partition coefficient (Wildman–Crippen LogP) is 4.76. The number of methoxy groups -OCH3 is 1. The highest BCUT2D eigenvalue weighted by molar-refractivity contribution is 6.42. The average Bonchev–Trinajstić information content (AvgIpc) is 3.32. The molecular formula is C24H18Cl2N2O5. The molecule has 2 saturated heterocycles. The van der Waals surface area contributed by atoms with Crippen molar-refractivity contribution in [2.45, 2.75) is 12.1 Å². The van der Waals surface area contributed by atoms with Gasteiger partial charge in [-0.2, -0.15) is 0 Å². The topological polar surface area (TPSA) is 79.3 Å². The van der Waals surface area contributed by atoms with Gasteiger partial charge in [0.2, 0.25) is 5.91 Å². The van der Waals surface area contributed by atoms with E-state index in [-0.39, 0.29) is 16.5 Å². The Balaban J connectivity index is 1.62. The SMILES string of the molecule is COc1cccc([C@@H]2[C@@H]3C(=O)N(c4ccc(Cl)c(Cl)c4)C(=O)[C@@H]3ON2c2ccccc2)c1O. The van der Waals surface area contributed by atoms with Gasteiger partial charge in [0.1, 0.15) is 12.0 Å². The molecule has 0 unspecified atom stereocenters. The first-order valence-corrected chi connectivity index (χ1v) is 10.9. The molecule has 2 aliphatic heterocycles. The molecule has 0 aliphatic carbocycles. The zero-order valence-electron chi connectivity index (χ0n) is 17.3. The maximum atomic E-state index is 13.6. The molecule has 2 aliphatic rings. The fourth-order valence-electron chi connectivity index (χ4n) is 4.35. The molecule has 3 aromatic rings. The maximum Gasteiger partial charge on any atom is 0.266 e. The van der Waals surface area contributed by atoms with E-state index >= 15 is 0 Å². The highest BCUT2D eigenvalue weighted by Crippen LogP contribution is 2.50. The van der Waals surface area contributed by atoms with Gasteiger partial charge in [-0.1, -0.05) is 53.5 Å². The molecule has 3 atom stereocenters. The lowest BCUT2D eigenvalue weighted by Gasteiger charge is -2.29. The van der Waals surface area contributed by atoms with Gasteiger partial charge in [-0.3, -0.25) is 14.4 Å². The van der Waals surface area contributed by atoms with E-state index in [1.165, 1.54) is 24.3 Å². The van der Waals surface area contributed by atoms with Crippen molar-refractivity contribution in [3.8, 4) is 11.5 Å². The number of anilines is 2. The van der Waals surface area contributed by atoms with Gasteiger partial charge in [-0.05, 0) is 36.4 Å². The molecule has 9 heteroatoms. The number of carbonyl (C=O) groups is 2. The quantitative estimate of drug-likeness (QED) is 0.537. The molecule has 3 aromatic carbocycles. The molecule has 5 rings (SSSR count). The molecule has 2 heterocycles. The predicted molar refractivity (Wildman–Crippen MR) is 124 cm³/mol. The number of fused-ring (bicyclic) bond motifs is 1. The fourth-order valence-corrected chi connectivity index (χ4v) is 4.64. The van der Waals surface area contributed by atoms with Crippen LogP contribution in [-0.4, -0.2) is 30.1 Å². The minimum atomic E-state index is -1.08.